The molecule has 3 aromatic rings. The molecule has 1 aliphatic heterocycles. The van der Waals surface area contributed by atoms with Crippen LogP contribution in [0.2, 0.25) is 0 Å². The Bertz CT molecular complexity index is 881. The smallest absolute Gasteiger partial charge is 0.133 e. The average Bonchev–Trinajstić information content (AvgIpc) is 2.83. The van der Waals surface area contributed by atoms with Crippen LogP contribution >= 0.6 is 22.6 Å². The van der Waals surface area contributed by atoms with Crippen molar-refractivity contribution < 1.29 is 0 Å². The predicted molar refractivity (Wildman–Crippen MR) is 113 cm³/mol. The second kappa shape index (κ2) is 7.20. The Morgan fingerprint density at radius 3 is 2.64 bits per heavy atom. The van der Waals surface area contributed by atoms with Crippen molar-refractivity contribution in [3.8, 4) is 16.9 Å². The summed E-state index contributed by atoms with van der Waals surface area (Å²) >= 11 is 2.41. The molecule has 4 rings (SSSR count). The molecule has 0 saturated carbocycles. The van der Waals surface area contributed by atoms with Crippen molar-refractivity contribution in [3.63, 3.8) is 0 Å². The lowest BCUT2D eigenvalue weighted by molar-refractivity contribution is 0.780. The molecule has 0 saturated heterocycles. The molecule has 3 nitrogen and oxygen atoms in total. The molecule has 1 aromatic heterocycles. The van der Waals surface area contributed by atoms with E-state index in [2.05, 4.69) is 88.0 Å². The third-order valence-electron chi connectivity index (χ3n) is 4.85. The summed E-state index contributed by atoms with van der Waals surface area (Å²) in [5, 5.41) is 8.67. The first-order valence-electron chi connectivity index (χ1n) is 8.98. The van der Waals surface area contributed by atoms with Gasteiger partial charge < -0.3 is 5.32 Å². The van der Waals surface area contributed by atoms with Crippen molar-refractivity contribution in [2.45, 2.75) is 32.6 Å². The fourth-order valence-corrected chi connectivity index (χ4v) is 4.07. The van der Waals surface area contributed by atoms with E-state index in [-0.39, 0.29) is 0 Å². The highest BCUT2D eigenvalue weighted by Gasteiger charge is 2.22. The van der Waals surface area contributed by atoms with Crippen LogP contribution in [0.4, 0.5) is 5.82 Å². The van der Waals surface area contributed by atoms with Crippen LogP contribution in [0.15, 0.2) is 48.5 Å². The van der Waals surface area contributed by atoms with Gasteiger partial charge >= 0.3 is 0 Å². The van der Waals surface area contributed by atoms with Crippen LogP contribution < -0.4 is 5.32 Å². The number of nitrogens with zero attached hydrogens (tertiary/aromatic N) is 2. The standard InChI is InChI=1S/C21H22IN3/c1-2-15-10-12-16(13-11-15)25-21-18(8-5-6-14-23-21)20(24-25)17-7-3-4-9-19(17)22/h3-4,7,9-13,23H,2,5-6,8,14H2,1H3. The van der Waals surface area contributed by atoms with E-state index in [9.17, 15) is 0 Å². The summed E-state index contributed by atoms with van der Waals surface area (Å²) in [6.07, 6.45) is 4.55. The van der Waals surface area contributed by atoms with Gasteiger partial charge in [-0.05, 0) is 72.0 Å². The highest BCUT2D eigenvalue weighted by Crippen LogP contribution is 2.35. The molecule has 25 heavy (non-hydrogen) atoms. The van der Waals surface area contributed by atoms with E-state index in [0.717, 1.165) is 36.6 Å². The van der Waals surface area contributed by atoms with Crippen LogP contribution in [0.5, 0.6) is 0 Å². The van der Waals surface area contributed by atoms with E-state index in [0.29, 0.717) is 0 Å². The lowest BCUT2D eigenvalue weighted by Crippen LogP contribution is -2.07. The Balaban J connectivity index is 1.88. The first-order valence-corrected chi connectivity index (χ1v) is 10.1. The molecule has 0 bridgehead atoms. The number of hydrogen-bond donors (Lipinski definition) is 1. The minimum Gasteiger partial charge on any atom is -0.370 e. The number of rotatable bonds is 3. The van der Waals surface area contributed by atoms with Gasteiger partial charge in [0.15, 0.2) is 0 Å². The first-order chi connectivity index (χ1) is 12.3. The number of nitrogens with one attached hydrogen (secondary N) is 1. The van der Waals surface area contributed by atoms with E-state index < -0.39 is 0 Å². The zero-order valence-corrected chi connectivity index (χ0v) is 16.6. The van der Waals surface area contributed by atoms with Crippen molar-refractivity contribution >= 4 is 28.4 Å². The molecular formula is C21H22IN3. The summed E-state index contributed by atoms with van der Waals surface area (Å²) in [4.78, 5) is 0. The molecule has 0 atom stereocenters. The molecule has 2 heterocycles. The van der Waals surface area contributed by atoms with Gasteiger partial charge in [-0.25, -0.2) is 4.68 Å². The van der Waals surface area contributed by atoms with E-state index in [1.165, 1.54) is 33.1 Å². The topological polar surface area (TPSA) is 29.9 Å². The Kier molecular flexibility index (Phi) is 4.79. The number of fused-ring (bicyclic) bond motifs is 1. The molecule has 1 aliphatic rings. The molecule has 0 radical (unpaired) electrons. The first kappa shape index (κ1) is 16.6. The minimum atomic E-state index is 1.01. The maximum absolute atomic E-state index is 5.04. The van der Waals surface area contributed by atoms with Gasteiger partial charge in [0, 0.05) is 21.2 Å². The summed E-state index contributed by atoms with van der Waals surface area (Å²) in [7, 11) is 0. The summed E-state index contributed by atoms with van der Waals surface area (Å²) < 4.78 is 3.34. The monoisotopic (exact) mass is 443 g/mol. The lowest BCUT2D eigenvalue weighted by atomic mass is 10.0. The molecule has 2 aromatic carbocycles. The number of aryl methyl sites for hydroxylation is 1. The average molecular weight is 443 g/mol. The van der Waals surface area contributed by atoms with E-state index >= 15 is 0 Å². The molecule has 1 N–H and O–H groups in total. The second-order valence-corrected chi connectivity index (χ2v) is 7.63. The number of hydrogen-bond acceptors (Lipinski definition) is 2. The van der Waals surface area contributed by atoms with Crippen molar-refractivity contribution in [2.75, 3.05) is 11.9 Å². The molecular weight excluding hydrogens is 421 g/mol. The Morgan fingerprint density at radius 1 is 1.08 bits per heavy atom. The SMILES string of the molecule is CCc1ccc(-n2nc(-c3ccccc3I)c3c2NCCCC3)cc1. The normalized spacial score (nSPS) is 13.8. The fourth-order valence-electron chi connectivity index (χ4n) is 3.43. The largest absolute Gasteiger partial charge is 0.370 e. The van der Waals surface area contributed by atoms with Gasteiger partial charge in [-0.3, -0.25) is 0 Å². The van der Waals surface area contributed by atoms with Gasteiger partial charge in [0.2, 0.25) is 0 Å². The molecule has 4 heteroatoms. The molecule has 0 aliphatic carbocycles. The highest BCUT2D eigenvalue weighted by molar-refractivity contribution is 14.1. The molecule has 128 valence electrons. The third kappa shape index (κ3) is 3.19. The van der Waals surface area contributed by atoms with Gasteiger partial charge in [-0.1, -0.05) is 37.3 Å². The third-order valence-corrected chi connectivity index (χ3v) is 5.79. The van der Waals surface area contributed by atoms with Crippen molar-refractivity contribution in [1.29, 1.82) is 0 Å². The van der Waals surface area contributed by atoms with Crippen LogP contribution in [-0.4, -0.2) is 16.3 Å². The van der Waals surface area contributed by atoms with Gasteiger partial charge in [0.25, 0.3) is 0 Å². The van der Waals surface area contributed by atoms with Gasteiger partial charge in [-0.2, -0.15) is 5.10 Å². The van der Waals surface area contributed by atoms with Crippen LogP contribution in [-0.2, 0) is 12.8 Å². The van der Waals surface area contributed by atoms with Crippen LogP contribution in [0, 0.1) is 3.57 Å². The van der Waals surface area contributed by atoms with Gasteiger partial charge in [-0.15, -0.1) is 0 Å². The minimum absolute atomic E-state index is 1.01. The van der Waals surface area contributed by atoms with Gasteiger partial charge in [0.05, 0.1) is 11.4 Å². The zero-order chi connectivity index (χ0) is 17.2. The molecule has 0 unspecified atom stereocenters. The summed E-state index contributed by atoms with van der Waals surface area (Å²) in [5.41, 5.74) is 6.18. The molecule has 0 amide bonds. The zero-order valence-electron chi connectivity index (χ0n) is 14.4. The van der Waals surface area contributed by atoms with Crippen LogP contribution in [0.25, 0.3) is 16.9 Å². The lowest BCUT2D eigenvalue weighted by Gasteiger charge is -2.09. The fraction of sp³-hybridized carbons (Fsp3) is 0.286. The number of benzene rings is 2. The van der Waals surface area contributed by atoms with Crippen molar-refractivity contribution in [2.24, 2.45) is 0 Å². The van der Waals surface area contributed by atoms with E-state index in [1.54, 1.807) is 0 Å². The van der Waals surface area contributed by atoms with Crippen molar-refractivity contribution in [1.82, 2.24) is 9.78 Å². The molecule has 0 fully saturated rings. The predicted octanol–water partition coefficient (Wildman–Crippen LogP) is 5.45. The van der Waals surface area contributed by atoms with Gasteiger partial charge in [0.1, 0.15) is 5.82 Å². The Morgan fingerprint density at radius 2 is 1.88 bits per heavy atom. The van der Waals surface area contributed by atoms with E-state index in [1.807, 2.05) is 0 Å². The Hall–Kier alpha value is -1.82. The summed E-state index contributed by atoms with van der Waals surface area (Å²) in [6.45, 7) is 3.20. The number of anilines is 1. The highest BCUT2D eigenvalue weighted by atomic mass is 127. The number of aromatic nitrogens is 2. The Labute approximate surface area is 162 Å². The van der Waals surface area contributed by atoms with Crippen molar-refractivity contribution in [3.05, 3.63) is 63.2 Å². The van der Waals surface area contributed by atoms with Crippen LogP contribution in [0.1, 0.15) is 30.9 Å². The summed E-state index contributed by atoms with van der Waals surface area (Å²) in [6, 6.07) is 17.3. The number of halogens is 1. The molecule has 0 spiro atoms. The second-order valence-electron chi connectivity index (χ2n) is 6.47. The van der Waals surface area contributed by atoms with E-state index in [4.69, 9.17) is 5.10 Å². The maximum Gasteiger partial charge on any atom is 0.133 e. The quantitative estimate of drug-likeness (QED) is 0.546. The summed E-state index contributed by atoms with van der Waals surface area (Å²) in [5.74, 6) is 1.16. The maximum atomic E-state index is 5.04. The van der Waals surface area contributed by atoms with Crippen LogP contribution in [0.3, 0.4) is 0 Å².